The Morgan fingerprint density at radius 3 is 2.17 bits per heavy atom. The number of aliphatic carboxylic acids is 1. The Kier molecular flexibility index (Phi) is 5.13. The summed E-state index contributed by atoms with van der Waals surface area (Å²) in [7, 11) is 1.58. The molecule has 23 heavy (non-hydrogen) atoms. The van der Waals surface area contributed by atoms with Crippen LogP contribution in [0.5, 0.6) is 0 Å². The fraction of sp³-hybridized carbons (Fsp3) is 0.111. The number of amides is 1. The summed E-state index contributed by atoms with van der Waals surface area (Å²) in [4.78, 5) is 23.1. The minimum Gasteiger partial charge on any atom is -0.544 e. The Hall–Kier alpha value is -3.10. The van der Waals surface area contributed by atoms with Gasteiger partial charge >= 0.3 is 5.91 Å². The third kappa shape index (κ3) is 4.70. The number of carbonyl (C=O) groups is 2. The van der Waals surface area contributed by atoms with Crippen LogP contribution in [0.2, 0.25) is 0 Å². The van der Waals surface area contributed by atoms with Crippen molar-refractivity contribution in [3.05, 3.63) is 66.2 Å². The molecule has 1 amide bonds. The molecule has 116 valence electrons. The molecule has 0 aliphatic heterocycles. The molecule has 2 rings (SSSR count). The molecule has 5 heteroatoms. The van der Waals surface area contributed by atoms with E-state index in [1.807, 2.05) is 24.3 Å². The first-order valence-corrected chi connectivity index (χ1v) is 7.00. The van der Waals surface area contributed by atoms with Gasteiger partial charge in [-0.2, -0.15) is 10.0 Å². The van der Waals surface area contributed by atoms with Gasteiger partial charge in [-0.1, -0.05) is 42.3 Å². The molecule has 0 unspecified atom stereocenters. The van der Waals surface area contributed by atoms with Gasteiger partial charge in [0.2, 0.25) is 0 Å². The number of hydrogen-bond acceptors (Lipinski definition) is 3. The Labute approximate surface area is 134 Å². The van der Waals surface area contributed by atoms with E-state index in [0.717, 1.165) is 0 Å². The van der Waals surface area contributed by atoms with Gasteiger partial charge in [-0.05, 0) is 12.1 Å². The van der Waals surface area contributed by atoms with Crippen LogP contribution < -0.4 is 15.1 Å². The zero-order valence-electron chi connectivity index (χ0n) is 12.7. The quantitative estimate of drug-likeness (QED) is 0.507. The van der Waals surface area contributed by atoms with Crippen LogP contribution in [0.25, 0.3) is 0 Å². The zero-order chi connectivity index (χ0) is 16.7. The summed E-state index contributed by atoms with van der Waals surface area (Å²) < 4.78 is -0.328. The van der Waals surface area contributed by atoms with Crippen LogP contribution in [-0.4, -0.2) is 25.5 Å². The van der Waals surface area contributed by atoms with Crippen molar-refractivity contribution in [2.24, 2.45) is 0 Å². The summed E-state index contributed by atoms with van der Waals surface area (Å²) in [6.45, 7) is -0.400. The van der Waals surface area contributed by atoms with Crippen molar-refractivity contribution in [3.8, 4) is 11.8 Å². The van der Waals surface area contributed by atoms with Crippen LogP contribution in [-0.2, 0) is 9.59 Å². The van der Waals surface area contributed by atoms with Gasteiger partial charge in [0, 0.05) is 23.6 Å². The summed E-state index contributed by atoms with van der Waals surface area (Å²) >= 11 is 0. The number of quaternary nitrogens is 1. The number of para-hydroxylation sites is 1. The molecule has 0 aliphatic rings. The van der Waals surface area contributed by atoms with Gasteiger partial charge in [0.05, 0.1) is 13.0 Å². The second kappa shape index (κ2) is 7.25. The maximum atomic E-state index is 12.1. The molecule has 0 bridgehead atoms. The van der Waals surface area contributed by atoms with E-state index in [9.17, 15) is 14.7 Å². The maximum Gasteiger partial charge on any atom is 0.340 e. The average molecular weight is 308 g/mol. The molecule has 0 saturated carbocycles. The summed E-state index contributed by atoms with van der Waals surface area (Å²) in [6.07, 6.45) is 0. The summed E-state index contributed by atoms with van der Waals surface area (Å²) in [6, 6.07) is 17.9. The van der Waals surface area contributed by atoms with Crippen LogP contribution >= 0.6 is 0 Å². The Bertz CT molecular complexity index is 748. The van der Waals surface area contributed by atoms with Crippen molar-refractivity contribution in [3.63, 3.8) is 0 Å². The van der Waals surface area contributed by atoms with Gasteiger partial charge in [0.15, 0.2) is 5.69 Å². The highest BCUT2D eigenvalue weighted by Crippen LogP contribution is 2.17. The SMILES string of the molecule is C[N@@+](CC(=O)[O-])(NC(=O)C#Cc1ccccc1)c1ccccc1. The second-order valence-electron chi connectivity index (χ2n) is 5.11. The van der Waals surface area contributed by atoms with Crippen LogP contribution in [0, 0.1) is 11.8 Å². The third-order valence-corrected chi connectivity index (χ3v) is 3.21. The predicted molar refractivity (Wildman–Crippen MR) is 85.5 cm³/mol. The molecular formula is C18H16N2O3. The highest BCUT2D eigenvalue weighted by molar-refractivity contribution is 5.94. The molecule has 2 aromatic rings. The lowest BCUT2D eigenvalue weighted by Gasteiger charge is -2.32. The first-order valence-electron chi connectivity index (χ1n) is 7.00. The van der Waals surface area contributed by atoms with Crippen LogP contribution in [0.15, 0.2) is 60.7 Å². The fourth-order valence-electron chi connectivity index (χ4n) is 2.11. The largest absolute Gasteiger partial charge is 0.544 e. The molecule has 5 nitrogen and oxygen atoms in total. The smallest absolute Gasteiger partial charge is 0.340 e. The molecule has 0 heterocycles. The number of rotatable bonds is 4. The lowest BCUT2D eigenvalue weighted by molar-refractivity contribution is -0.306. The third-order valence-electron chi connectivity index (χ3n) is 3.21. The van der Waals surface area contributed by atoms with E-state index in [1.54, 1.807) is 43.4 Å². The molecule has 0 spiro atoms. The summed E-state index contributed by atoms with van der Waals surface area (Å²) in [5.41, 5.74) is 3.94. The number of carboxylic acid groups (broad SMARTS) is 1. The van der Waals surface area contributed by atoms with E-state index in [0.29, 0.717) is 11.3 Å². The number of nitrogens with zero attached hydrogens (tertiary/aromatic N) is 1. The lowest BCUT2D eigenvalue weighted by Crippen LogP contribution is -2.62. The van der Waals surface area contributed by atoms with Gasteiger partial charge in [-0.3, -0.25) is 4.79 Å². The number of benzene rings is 2. The monoisotopic (exact) mass is 308 g/mol. The molecule has 0 aliphatic carbocycles. The predicted octanol–water partition coefficient (Wildman–Crippen LogP) is 0.457. The molecular weight excluding hydrogens is 292 g/mol. The van der Waals surface area contributed by atoms with Gasteiger partial charge in [-0.15, -0.1) is 0 Å². The van der Waals surface area contributed by atoms with Crippen molar-refractivity contribution in [1.82, 2.24) is 10.0 Å². The topological polar surface area (TPSA) is 69.2 Å². The number of hydrogen-bond donors (Lipinski definition) is 1. The second-order valence-corrected chi connectivity index (χ2v) is 5.11. The minimum absolute atomic E-state index is 0.328. The molecule has 0 fully saturated rings. The van der Waals surface area contributed by atoms with Crippen molar-refractivity contribution >= 4 is 17.6 Å². The van der Waals surface area contributed by atoms with E-state index >= 15 is 0 Å². The first kappa shape index (κ1) is 16.3. The summed E-state index contributed by atoms with van der Waals surface area (Å²) in [5, 5.41) is 11.0. The van der Waals surface area contributed by atoms with Crippen molar-refractivity contribution in [2.75, 3.05) is 13.6 Å². The Morgan fingerprint density at radius 1 is 1.04 bits per heavy atom. The minimum atomic E-state index is -1.27. The average Bonchev–Trinajstić information content (AvgIpc) is 2.54. The highest BCUT2D eigenvalue weighted by Gasteiger charge is 2.27. The number of carbonyl (C=O) groups excluding carboxylic acids is 2. The van der Waals surface area contributed by atoms with E-state index in [4.69, 9.17) is 0 Å². The summed E-state index contributed by atoms with van der Waals surface area (Å²) in [5.74, 6) is 3.37. The van der Waals surface area contributed by atoms with E-state index in [-0.39, 0.29) is 4.59 Å². The fourth-order valence-corrected chi connectivity index (χ4v) is 2.11. The molecule has 2 aromatic carbocycles. The van der Waals surface area contributed by atoms with Crippen molar-refractivity contribution in [1.29, 1.82) is 0 Å². The molecule has 0 aromatic heterocycles. The van der Waals surface area contributed by atoms with Crippen LogP contribution in [0.4, 0.5) is 5.69 Å². The Balaban J connectivity index is 2.20. The van der Waals surface area contributed by atoms with Gasteiger partial charge < -0.3 is 9.90 Å². The van der Waals surface area contributed by atoms with Gasteiger partial charge in [0.1, 0.15) is 6.54 Å². The van der Waals surface area contributed by atoms with E-state index in [1.165, 1.54) is 0 Å². The first-order chi connectivity index (χ1) is 11.0. The van der Waals surface area contributed by atoms with Crippen molar-refractivity contribution < 1.29 is 14.7 Å². The molecule has 1 N–H and O–H groups in total. The molecule has 1 atom stereocenters. The standard InChI is InChI=1S/C18H16N2O3/c1-20(14-18(22)23,16-10-6-3-7-11-16)19-17(21)13-12-15-8-4-2-5-9-15/h2-11H,14H2,1H3,(H-,19,21,22,23)/t20-/m0/s1. The van der Waals surface area contributed by atoms with Gasteiger partial charge in [0.25, 0.3) is 0 Å². The normalized spacial score (nSPS) is 12.4. The lowest BCUT2D eigenvalue weighted by atomic mass is 10.2. The van der Waals surface area contributed by atoms with E-state index in [2.05, 4.69) is 17.3 Å². The van der Waals surface area contributed by atoms with Crippen LogP contribution in [0.1, 0.15) is 5.56 Å². The number of carboxylic acids is 1. The van der Waals surface area contributed by atoms with Crippen molar-refractivity contribution in [2.45, 2.75) is 0 Å². The number of likely N-dealkylation sites (N-methyl/N-ethyl adjacent to an activating group) is 1. The maximum absolute atomic E-state index is 12.1. The number of nitrogens with one attached hydrogen (secondary N) is 1. The highest BCUT2D eigenvalue weighted by atomic mass is 16.4. The molecule has 0 radical (unpaired) electrons. The van der Waals surface area contributed by atoms with E-state index < -0.39 is 18.4 Å². The Morgan fingerprint density at radius 2 is 1.61 bits per heavy atom. The van der Waals surface area contributed by atoms with Crippen LogP contribution in [0.3, 0.4) is 0 Å². The van der Waals surface area contributed by atoms with Gasteiger partial charge in [-0.25, -0.2) is 0 Å². The zero-order valence-corrected chi connectivity index (χ0v) is 12.7. The molecule has 0 saturated heterocycles.